The van der Waals surface area contributed by atoms with E-state index in [0.29, 0.717) is 0 Å². The van der Waals surface area contributed by atoms with Gasteiger partial charge in [0.05, 0.1) is 0 Å². The van der Waals surface area contributed by atoms with Crippen LogP contribution >= 0.6 is 0 Å². The standard InChI is InChI=1S/C18H30N2/c1-15-8-9-16(18(2,3)4)17(14-15)19-10-13-20-11-6-5-7-12-20/h8-9,14,19H,5-7,10-13H2,1-4H3. The van der Waals surface area contributed by atoms with Gasteiger partial charge >= 0.3 is 0 Å². The largest absolute Gasteiger partial charge is 0.384 e. The maximum absolute atomic E-state index is 3.67. The molecule has 1 heterocycles. The molecule has 0 amide bonds. The van der Waals surface area contributed by atoms with Gasteiger partial charge in [-0.3, -0.25) is 0 Å². The number of nitrogens with zero attached hydrogens (tertiary/aromatic N) is 1. The summed E-state index contributed by atoms with van der Waals surface area (Å²) in [5, 5.41) is 3.67. The summed E-state index contributed by atoms with van der Waals surface area (Å²) in [6.45, 7) is 13.8. The van der Waals surface area contributed by atoms with E-state index in [-0.39, 0.29) is 5.41 Å². The fraction of sp³-hybridized carbons (Fsp3) is 0.667. The first-order valence-electron chi connectivity index (χ1n) is 8.04. The van der Waals surface area contributed by atoms with Crippen LogP contribution in [0.1, 0.15) is 51.2 Å². The highest BCUT2D eigenvalue weighted by atomic mass is 15.1. The topological polar surface area (TPSA) is 15.3 Å². The minimum absolute atomic E-state index is 0.196. The number of anilines is 1. The second-order valence-electron chi connectivity index (χ2n) is 7.13. The lowest BCUT2D eigenvalue weighted by molar-refractivity contribution is 0.237. The van der Waals surface area contributed by atoms with E-state index in [2.05, 4.69) is 56.1 Å². The first-order valence-corrected chi connectivity index (χ1v) is 8.04. The molecule has 0 aliphatic carbocycles. The van der Waals surface area contributed by atoms with Crippen molar-refractivity contribution in [2.75, 3.05) is 31.5 Å². The predicted octanol–water partition coefficient (Wildman–Crippen LogP) is 4.19. The number of aryl methyl sites for hydroxylation is 1. The molecule has 20 heavy (non-hydrogen) atoms. The Labute approximate surface area is 124 Å². The Morgan fingerprint density at radius 3 is 2.45 bits per heavy atom. The summed E-state index contributed by atoms with van der Waals surface area (Å²) < 4.78 is 0. The van der Waals surface area contributed by atoms with Gasteiger partial charge in [-0.15, -0.1) is 0 Å². The lowest BCUT2D eigenvalue weighted by atomic mass is 9.85. The Morgan fingerprint density at radius 2 is 1.80 bits per heavy atom. The van der Waals surface area contributed by atoms with Crippen LogP contribution in [0.4, 0.5) is 5.69 Å². The number of benzene rings is 1. The van der Waals surface area contributed by atoms with Crippen molar-refractivity contribution < 1.29 is 0 Å². The quantitative estimate of drug-likeness (QED) is 0.885. The number of likely N-dealkylation sites (tertiary alicyclic amines) is 1. The van der Waals surface area contributed by atoms with Crippen molar-refractivity contribution in [3.8, 4) is 0 Å². The van der Waals surface area contributed by atoms with E-state index < -0.39 is 0 Å². The first kappa shape index (κ1) is 15.4. The highest BCUT2D eigenvalue weighted by molar-refractivity contribution is 5.56. The third kappa shape index (κ3) is 4.24. The maximum Gasteiger partial charge on any atom is 0.0381 e. The monoisotopic (exact) mass is 274 g/mol. The SMILES string of the molecule is Cc1ccc(C(C)(C)C)c(NCCN2CCCCC2)c1. The lowest BCUT2D eigenvalue weighted by Crippen LogP contribution is -2.34. The van der Waals surface area contributed by atoms with Gasteiger partial charge in [-0.05, 0) is 55.5 Å². The van der Waals surface area contributed by atoms with Crippen molar-refractivity contribution in [2.24, 2.45) is 0 Å². The molecule has 0 saturated carbocycles. The fourth-order valence-electron chi connectivity index (χ4n) is 2.99. The third-order valence-corrected chi connectivity index (χ3v) is 4.18. The molecule has 2 rings (SSSR count). The van der Waals surface area contributed by atoms with Crippen LogP contribution in [0.15, 0.2) is 18.2 Å². The minimum atomic E-state index is 0.196. The average Bonchev–Trinajstić information content (AvgIpc) is 2.38. The van der Waals surface area contributed by atoms with Crippen molar-refractivity contribution >= 4 is 5.69 Å². The minimum Gasteiger partial charge on any atom is -0.384 e. The molecule has 1 aromatic rings. The Kier molecular flexibility index (Phi) is 5.09. The van der Waals surface area contributed by atoms with E-state index in [9.17, 15) is 0 Å². The van der Waals surface area contributed by atoms with E-state index in [1.807, 2.05) is 0 Å². The molecule has 0 unspecified atom stereocenters. The highest BCUT2D eigenvalue weighted by Crippen LogP contribution is 2.30. The van der Waals surface area contributed by atoms with Gasteiger partial charge in [0.2, 0.25) is 0 Å². The Hall–Kier alpha value is -1.02. The molecule has 112 valence electrons. The van der Waals surface area contributed by atoms with Crippen LogP contribution in [0.3, 0.4) is 0 Å². The van der Waals surface area contributed by atoms with Gasteiger partial charge < -0.3 is 10.2 Å². The lowest BCUT2D eigenvalue weighted by Gasteiger charge is -2.28. The molecule has 1 N–H and O–H groups in total. The second kappa shape index (κ2) is 6.62. The Morgan fingerprint density at radius 1 is 1.10 bits per heavy atom. The van der Waals surface area contributed by atoms with Gasteiger partial charge in [0.25, 0.3) is 0 Å². The van der Waals surface area contributed by atoms with Gasteiger partial charge in [0.1, 0.15) is 0 Å². The van der Waals surface area contributed by atoms with Crippen molar-refractivity contribution in [2.45, 2.75) is 52.4 Å². The number of piperidine rings is 1. The molecule has 0 radical (unpaired) electrons. The predicted molar refractivity (Wildman–Crippen MR) is 88.7 cm³/mol. The zero-order valence-corrected chi connectivity index (χ0v) is 13.6. The zero-order valence-electron chi connectivity index (χ0n) is 13.6. The summed E-state index contributed by atoms with van der Waals surface area (Å²) in [5.41, 5.74) is 4.26. The van der Waals surface area contributed by atoms with Crippen LogP contribution in [0.25, 0.3) is 0 Å². The van der Waals surface area contributed by atoms with Crippen LogP contribution in [0.5, 0.6) is 0 Å². The smallest absolute Gasteiger partial charge is 0.0381 e. The van der Waals surface area contributed by atoms with Crippen molar-refractivity contribution in [3.05, 3.63) is 29.3 Å². The molecular formula is C18H30N2. The highest BCUT2D eigenvalue weighted by Gasteiger charge is 2.18. The average molecular weight is 274 g/mol. The maximum atomic E-state index is 3.67. The molecule has 1 aliphatic heterocycles. The normalized spacial score (nSPS) is 17.2. The van der Waals surface area contributed by atoms with E-state index in [1.54, 1.807) is 0 Å². The van der Waals surface area contributed by atoms with Gasteiger partial charge in [-0.1, -0.05) is 39.3 Å². The summed E-state index contributed by atoms with van der Waals surface area (Å²) in [6.07, 6.45) is 4.16. The van der Waals surface area contributed by atoms with Gasteiger partial charge in [-0.25, -0.2) is 0 Å². The van der Waals surface area contributed by atoms with Crippen molar-refractivity contribution in [1.29, 1.82) is 0 Å². The summed E-state index contributed by atoms with van der Waals surface area (Å²) in [6, 6.07) is 6.78. The zero-order chi connectivity index (χ0) is 14.6. The van der Waals surface area contributed by atoms with E-state index in [1.165, 1.54) is 49.2 Å². The molecule has 2 heteroatoms. The van der Waals surface area contributed by atoms with Crippen LogP contribution in [-0.2, 0) is 5.41 Å². The van der Waals surface area contributed by atoms with Gasteiger partial charge in [-0.2, -0.15) is 0 Å². The van der Waals surface area contributed by atoms with Crippen molar-refractivity contribution in [3.63, 3.8) is 0 Å². The molecule has 0 aromatic heterocycles. The Bertz CT molecular complexity index is 426. The number of rotatable bonds is 4. The molecule has 0 spiro atoms. The first-order chi connectivity index (χ1) is 9.47. The van der Waals surface area contributed by atoms with Crippen LogP contribution < -0.4 is 5.32 Å². The Balaban J connectivity index is 1.95. The molecule has 1 aliphatic rings. The molecular weight excluding hydrogens is 244 g/mol. The molecule has 1 aromatic carbocycles. The summed E-state index contributed by atoms with van der Waals surface area (Å²) in [7, 11) is 0. The number of hydrogen-bond donors (Lipinski definition) is 1. The summed E-state index contributed by atoms with van der Waals surface area (Å²) >= 11 is 0. The van der Waals surface area contributed by atoms with Crippen molar-refractivity contribution in [1.82, 2.24) is 4.90 Å². The van der Waals surface area contributed by atoms with E-state index >= 15 is 0 Å². The van der Waals surface area contributed by atoms with Gasteiger partial charge in [0, 0.05) is 18.8 Å². The van der Waals surface area contributed by atoms with Crippen LogP contribution in [0, 0.1) is 6.92 Å². The number of hydrogen-bond acceptors (Lipinski definition) is 2. The molecule has 0 bridgehead atoms. The van der Waals surface area contributed by atoms with E-state index in [0.717, 1.165) is 13.1 Å². The second-order valence-corrected chi connectivity index (χ2v) is 7.13. The van der Waals surface area contributed by atoms with Crippen LogP contribution in [-0.4, -0.2) is 31.1 Å². The molecule has 2 nitrogen and oxygen atoms in total. The summed E-state index contributed by atoms with van der Waals surface area (Å²) in [4.78, 5) is 2.59. The molecule has 0 atom stereocenters. The fourth-order valence-corrected chi connectivity index (χ4v) is 2.99. The van der Waals surface area contributed by atoms with Gasteiger partial charge in [0.15, 0.2) is 0 Å². The van der Waals surface area contributed by atoms with E-state index in [4.69, 9.17) is 0 Å². The third-order valence-electron chi connectivity index (χ3n) is 4.18. The molecule has 1 saturated heterocycles. The van der Waals surface area contributed by atoms with Crippen LogP contribution in [0.2, 0.25) is 0 Å². The molecule has 1 fully saturated rings. The number of nitrogens with one attached hydrogen (secondary N) is 1. The summed E-state index contributed by atoms with van der Waals surface area (Å²) in [5.74, 6) is 0.